The first kappa shape index (κ1) is 18.0. The van der Waals surface area contributed by atoms with Crippen molar-refractivity contribution in [2.45, 2.75) is 75.9 Å². The average molecular weight is 349 g/mol. The topological polar surface area (TPSA) is 9.23 Å². The van der Waals surface area contributed by atoms with Gasteiger partial charge in [-0.25, -0.2) is 4.39 Å². The molecule has 1 heterocycles. The number of benzene rings is 1. The van der Waals surface area contributed by atoms with Crippen molar-refractivity contribution in [3.05, 3.63) is 30.1 Å². The van der Waals surface area contributed by atoms with Crippen molar-refractivity contribution >= 4 is 8.80 Å². The molecule has 0 atom stereocenters. The lowest BCUT2D eigenvalue weighted by Gasteiger charge is -2.37. The van der Waals surface area contributed by atoms with E-state index in [-0.39, 0.29) is 5.82 Å². The lowest BCUT2D eigenvalue weighted by atomic mass is 9.86. The van der Waals surface area contributed by atoms with E-state index < -0.39 is 8.80 Å². The summed E-state index contributed by atoms with van der Waals surface area (Å²) >= 11 is 0. The number of hydrogen-bond donors (Lipinski definition) is 0. The quantitative estimate of drug-likeness (QED) is 0.556. The van der Waals surface area contributed by atoms with Crippen molar-refractivity contribution < 1.29 is 9.13 Å². The van der Waals surface area contributed by atoms with Gasteiger partial charge in [0.1, 0.15) is 11.6 Å². The zero-order chi connectivity index (χ0) is 16.8. The molecule has 1 aliphatic carbocycles. The standard InChI is InChI=1S/C21H33FOSi/c1-2-3-17-4-10-21(11-5-17)24-14-12-18(13-15-24)16-23-20-8-6-19(22)7-9-20/h6-9,17-18,21,24H,2-5,10-16H2,1H3/t17-,18?,21-,24?. The Balaban J connectivity index is 1.36. The largest absolute Gasteiger partial charge is 0.493 e. The Morgan fingerprint density at radius 3 is 2.25 bits per heavy atom. The third-order valence-corrected chi connectivity index (χ3v) is 10.6. The van der Waals surface area contributed by atoms with Crippen molar-refractivity contribution in [3.8, 4) is 5.75 Å². The summed E-state index contributed by atoms with van der Waals surface area (Å²) < 4.78 is 18.8. The summed E-state index contributed by atoms with van der Waals surface area (Å²) in [5, 5.41) is 0. The molecule has 1 saturated heterocycles. The van der Waals surface area contributed by atoms with Crippen LogP contribution in [0.2, 0.25) is 17.6 Å². The van der Waals surface area contributed by atoms with Crippen LogP contribution in [-0.2, 0) is 0 Å². The van der Waals surface area contributed by atoms with Gasteiger partial charge in [0.05, 0.1) is 6.61 Å². The lowest BCUT2D eigenvalue weighted by Crippen LogP contribution is -2.31. The second-order valence-electron chi connectivity index (χ2n) is 8.12. The molecule has 1 nitrogen and oxygen atoms in total. The van der Waals surface area contributed by atoms with E-state index in [1.54, 1.807) is 12.1 Å². The van der Waals surface area contributed by atoms with Crippen LogP contribution in [0.15, 0.2) is 24.3 Å². The molecule has 3 heteroatoms. The highest BCUT2D eigenvalue weighted by molar-refractivity contribution is 6.60. The normalized spacial score (nSPS) is 30.9. The van der Waals surface area contributed by atoms with E-state index in [9.17, 15) is 4.39 Å². The lowest BCUT2D eigenvalue weighted by molar-refractivity contribution is 0.235. The minimum absolute atomic E-state index is 0.192. The fraction of sp³-hybridized carbons (Fsp3) is 0.714. The number of rotatable bonds is 6. The van der Waals surface area contributed by atoms with E-state index >= 15 is 0 Å². The summed E-state index contributed by atoms with van der Waals surface area (Å²) in [7, 11) is -0.504. The highest BCUT2D eigenvalue weighted by Gasteiger charge is 2.31. The zero-order valence-electron chi connectivity index (χ0n) is 15.2. The molecule has 2 fully saturated rings. The first-order valence-electron chi connectivity index (χ1n) is 10.1. The number of halogens is 1. The van der Waals surface area contributed by atoms with E-state index in [1.165, 1.54) is 75.6 Å². The van der Waals surface area contributed by atoms with E-state index in [2.05, 4.69) is 6.92 Å². The molecule has 1 saturated carbocycles. The van der Waals surface area contributed by atoms with Gasteiger partial charge in [-0.3, -0.25) is 0 Å². The molecule has 0 N–H and O–H groups in total. The van der Waals surface area contributed by atoms with Gasteiger partial charge in [0.15, 0.2) is 0 Å². The van der Waals surface area contributed by atoms with Gasteiger partial charge in [0.2, 0.25) is 0 Å². The van der Waals surface area contributed by atoms with Crippen molar-refractivity contribution in [1.82, 2.24) is 0 Å². The van der Waals surface area contributed by atoms with E-state index in [1.807, 2.05) is 0 Å². The molecule has 0 radical (unpaired) electrons. The monoisotopic (exact) mass is 348 g/mol. The van der Waals surface area contributed by atoms with Crippen LogP contribution in [-0.4, -0.2) is 15.4 Å². The Morgan fingerprint density at radius 2 is 1.62 bits per heavy atom. The molecule has 0 bridgehead atoms. The van der Waals surface area contributed by atoms with Gasteiger partial charge in [-0.2, -0.15) is 0 Å². The summed E-state index contributed by atoms with van der Waals surface area (Å²) in [5.41, 5.74) is 1.14. The predicted octanol–water partition coefficient (Wildman–Crippen LogP) is 6.20. The Hall–Kier alpha value is -0.833. The molecule has 1 aromatic carbocycles. The Labute approximate surface area is 148 Å². The smallest absolute Gasteiger partial charge is 0.123 e. The first-order valence-corrected chi connectivity index (χ1v) is 12.4. The Bertz CT molecular complexity index is 473. The van der Waals surface area contributed by atoms with Gasteiger partial charge in [0, 0.05) is 8.80 Å². The molecule has 24 heavy (non-hydrogen) atoms. The van der Waals surface area contributed by atoms with Crippen LogP contribution >= 0.6 is 0 Å². The molecule has 0 aromatic heterocycles. The van der Waals surface area contributed by atoms with Crippen molar-refractivity contribution in [3.63, 3.8) is 0 Å². The second-order valence-corrected chi connectivity index (χ2v) is 11.7. The summed E-state index contributed by atoms with van der Waals surface area (Å²) in [6.07, 6.45) is 11.7. The number of hydrogen-bond acceptors (Lipinski definition) is 1. The summed E-state index contributed by atoms with van der Waals surface area (Å²) in [5.74, 6) is 2.38. The van der Waals surface area contributed by atoms with Crippen LogP contribution in [0.1, 0.15) is 58.3 Å². The summed E-state index contributed by atoms with van der Waals surface area (Å²) in [6.45, 7) is 3.14. The molecule has 1 aliphatic heterocycles. The summed E-state index contributed by atoms with van der Waals surface area (Å²) in [6, 6.07) is 9.50. The highest BCUT2D eigenvalue weighted by atomic mass is 28.3. The van der Waals surface area contributed by atoms with Crippen LogP contribution in [0.5, 0.6) is 5.75 Å². The van der Waals surface area contributed by atoms with Gasteiger partial charge >= 0.3 is 0 Å². The van der Waals surface area contributed by atoms with Crippen LogP contribution in [0.3, 0.4) is 0 Å². The molecule has 0 unspecified atom stereocenters. The molecule has 3 rings (SSSR count). The zero-order valence-corrected chi connectivity index (χ0v) is 16.3. The van der Waals surface area contributed by atoms with Crippen LogP contribution < -0.4 is 4.74 Å². The molecule has 134 valence electrons. The Morgan fingerprint density at radius 1 is 0.958 bits per heavy atom. The molecular formula is C21H33FOSi. The first-order chi connectivity index (χ1) is 11.7. The Kier molecular flexibility index (Phi) is 6.76. The SMILES string of the molecule is CCC[C@H]1CC[C@H]([SiH]2CCC(COc3ccc(F)cc3)CC2)CC1. The maximum Gasteiger partial charge on any atom is 0.123 e. The fourth-order valence-electron chi connectivity index (χ4n) is 4.93. The summed E-state index contributed by atoms with van der Waals surface area (Å²) in [4.78, 5) is 0. The molecule has 0 amide bonds. The van der Waals surface area contributed by atoms with Gasteiger partial charge in [-0.05, 0) is 54.5 Å². The maximum atomic E-state index is 12.9. The third-order valence-electron chi connectivity index (χ3n) is 6.45. The van der Waals surface area contributed by atoms with Gasteiger partial charge in [0.25, 0.3) is 0 Å². The third kappa shape index (κ3) is 5.08. The van der Waals surface area contributed by atoms with Crippen molar-refractivity contribution in [2.24, 2.45) is 11.8 Å². The predicted molar refractivity (Wildman–Crippen MR) is 102 cm³/mol. The van der Waals surface area contributed by atoms with Crippen molar-refractivity contribution in [1.29, 1.82) is 0 Å². The minimum Gasteiger partial charge on any atom is -0.493 e. The minimum atomic E-state index is -0.504. The van der Waals surface area contributed by atoms with E-state index in [4.69, 9.17) is 4.74 Å². The van der Waals surface area contributed by atoms with Gasteiger partial charge in [-0.15, -0.1) is 0 Å². The van der Waals surface area contributed by atoms with Crippen LogP contribution in [0, 0.1) is 17.7 Å². The maximum absolute atomic E-state index is 12.9. The van der Waals surface area contributed by atoms with Crippen LogP contribution in [0.4, 0.5) is 4.39 Å². The van der Waals surface area contributed by atoms with Gasteiger partial charge in [-0.1, -0.05) is 57.5 Å². The molecule has 0 spiro atoms. The molecule has 1 aromatic rings. The molecular weight excluding hydrogens is 315 g/mol. The van der Waals surface area contributed by atoms with Crippen LogP contribution in [0.25, 0.3) is 0 Å². The second kappa shape index (κ2) is 9.03. The average Bonchev–Trinajstić information content (AvgIpc) is 2.63. The van der Waals surface area contributed by atoms with E-state index in [0.29, 0.717) is 0 Å². The van der Waals surface area contributed by atoms with E-state index in [0.717, 1.165) is 29.7 Å². The number of ether oxygens (including phenoxy) is 1. The van der Waals surface area contributed by atoms with Gasteiger partial charge < -0.3 is 4.74 Å². The highest BCUT2D eigenvalue weighted by Crippen LogP contribution is 2.42. The molecule has 2 aliphatic rings. The fourth-order valence-corrected chi connectivity index (χ4v) is 9.29. The van der Waals surface area contributed by atoms with Crippen molar-refractivity contribution in [2.75, 3.05) is 6.61 Å².